The molecule has 3 rings (SSSR count). The summed E-state index contributed by atoms with van der Waals surface area (Å²) in [6, 6.07) is 6.58. The van der Waals surface area contributed by atoms with Gasteiger partial charge in [-0.2, -0.15) is 0 Å². The molecule has 2 aromatic heterocycles. The van der Waals surface area contributed by atoms with Crippen molar-refractivity contribution in [2.24, 2.45) is 0 Å². The molecule has 102 valence electrons. The quantitative estimate of drug-likeness (QED) is 0.801. The second kappa shape index (κ2) is 5.05. The Balaban J connectivity index is 2.18. The number of rotatable bonds is 3. The maximum atomic E-state index is 13.5. The number of ether oxygens (including phenoxy) is 1. The molecule has 0 aliphatic heterocycles. The van der Waals surface area contributed by atoms with Gasteiger partial charge in [0.2, 0.25) is 0 Å². The molecule has 4 nitrogen and oxygen atoms in total. The molecule has 0 atom stereocenters. The minimum atomic E-state index is -0.401. The number of hydrogen-bond acceptors (Lipinski definition) is 5. The van der Waals surface area contributed by atoms with Crippen molar-refractivity contribution in [1.29, 1.82) is 0 Å². The number of fused-ring (bicyclic) bond motifs is 1. The maximum absolute atomic E-state index is 13.5. The number of aromatic nitrogens is 2. The Labute approximate surface area is 119 Å². The van der Waals surface area contributed by atoms with Crippen LogP contribution in [0.1, 0.15) is 0 Å². The summed E-state index contributed by atoms with van der Waals surface area (Å²) in [7, 11) is 3.25. The number of nitrogens with zero attached hydrogens (tertiary/aromatic N) is 2. The molecule has 6 heteroatoms. The smallest absolute Gasteiger partial charge is 0.165 e. The van der Waals surface area contributed by atoms with Crippen LogP contribution in [0.25, 0.3) is 21.6 Å². The van der Waals surface area contributed by atoms with E-state index in [2.05, 4.69) is 15.3 Å². The van der Waals surface area contributed by atoms with Crippen LogP contribution >= 0.6 is 11.3 Å². The number of hydrogen-bond donors (Lipinski definition) is 1. The van der Waals surface area contributed by atoms with Crippen LogP contribution in [0, 0.1) is 5.82 Å². The van der Waals surface area contributed by atoms with Crippen LogP contribution in [0.5, 0.6) is 5.75 Å². The van der Waals surface area contributed by atoms with Crippen molar-refractivity contribution in [3.8, 4) is 17.1 Å². The van der Waals surface area contributed by atoms with Gasteiger partial charge in [0.15, 0.2) is 17.4 Å². The van der Waals surface area contributed by atoms with Crippen LogP contribution < -0.4 is 10.1 Å². The molecule has 3 aromatic rings. The SMILES string of the molecule is CNc1nc(-c2ccc(F)c(OC)c2)nc2sccc12. The van der Waals surface area contributed by atoms with Gasteiger partial charge in [-0.3, -0.25) is 0 Å². The second-order valence-electron chi connectivity index (χ2n) is 4.13. The van der Waals surface area contributed by atoms with Gasteiger partial charge in [0.05, 0.1) is 12.5 Å². The molecule has 1 N–H and O–H groups in total. The molecule has 20 heavy (non-hydrogen) atoms. The third kappa shape index (κ3) is 2.08. The van der Waals surface area contributed by atoms with Crippen LogP contribution in [0.3, 0.4) is 0 Å². The van der Waals surface area contributed by atoms with Crippen molar-refractivity contribution in [3.05, 3.63) is 35.5 Å². The molecule has 0 unspecified atom stereocenters. The first-order valence-corrected chi connectivity index (χ1v) is 6.88. The molecule has 0 fully saturated rings. The lowest BCUT2D eigenvalue weighted by atomic mass is 10.2. The van der Waals surface area contributed by atoms with Gasteiger partial charge in [-0.25, -0.2) is 14.4 Å². The zero-order chi connectivity index (χ0) is 14.1. The van der Waals surface area contributed by atoms with E-state index in [4.69, 9.17) is 4.74 Å². The molecule has 1 aromatic carbocycles. The fraction of sp³-hybridized carbons (Fsp3) is 0.143. The highest BCUT2D eigenvalue weighted by Crippen LogP contribution is 2.30. The van der Waals surface area contributed by atoms with Gasteiger partial charge in [-0.1, -0.05) is 0 Å². The fourth-order valence-electron chi connectivity index (χ4n) is 1.97. The average molecular weight is 289 g/mol. The number of anilines is 1. The first-order valence-electron chi connectivity index (χ1n) is 6.00. The van der Waals surface area contributed by atoms with Gasteiger partial charge in [-0.05, 0) is 29.6 Å². The summed E-state index contributed by atoms with van der Waals surface area (Å²) in [6.45, 7) is 0. The molecule has 0 aliphatic rings. The van der Waals surface area contributed by atoms with Crippen molar-refractivity contribution in [2.45, 2.75) is 0 Å². The van der Waals surface area contributed by atoms with E-state index in [0.29, 0.717) is 5.82 Å². The Hall–Kier alpha value is -2.21. The average Bonchev–Trinajstić information content (AvgIpc) is 2.95. The largest absolute Gasteiger partial charge is 0.494 e. The van der Waals surface area contributed by atoms with E-state index in [1.54, 1.807) is 23.5 Å². The van der Waals surface area contributed by atoms with Crippen molar-refractivity contribution in [3.63, 3.8) is 0 Å². The maximum Gasteiger partial charge on any atom is 0.165 e. The van der Waals surface area contributed by atoms with Crippen molar-refractivity contribution in [1.82, 2.24) is 9.97 Å². The van der Waals surface area contributed by atoms with Crippen LogP contribution in [0.15, 0.2) is 29.6 Å². The lowest BCUT2D eigenvalue weighted by Gasteiger charge is -2.07. The number of thiophene rings is 1. The minimum Gasteiger partial charge on any atom is -0.494 e. The lowest BCUT2D eigenvalue weighted by molar-refractivity contribution is 0.387. The van der Waals surface area contributed by atoms with E-state index in [9.17, 15) is 4.39 Å². The molecular weight excluding hydrogens is 277 g/mol. The van der Waals surface area contributed by atoms with Gasteiger partial charge >= 0.3 is 0 Å². The Morgan fingerprint density at radius 3 is 2.85 bits per heavy atom. The van der Waals surface area contributed by atoms with E-state index in [0.717, 1.165) is 21.6 Å². The molecule has 0 saturated heterocycles. The predicted molar refractivity (Wildman–Crippen MR) is 78.9 cm³/mol. The summed E-state index contributed by atoms with van der Waals surface area (Å²) in [6.07, 6.45) is 0. The third-order valence-electron chi connectivity index (χ3n) is 2.97. The summed E-state index contributed by atoms with van der Waals surface area (Å²) in [5, 5.41) is 6.01. The Bertz CT molecular complexity index is 772. The van der Waals surface area contributed by atoms with Gasteiger partial charge in [0, 0.05) is 12.6 Å². The lowest BCUT2D eigenvalue weighted by Crippen LogP contribution is -1.98. The van der Waals surface area contributed by atoms with E-state index in [1.165, 1.54) is 13.2 Å². The molecule has 0 spiro atoms. The third-order valence-corrected chi connectivity index (χ3v) is 3.78. The Kier molecular flexibility index (Phi) is 3.23. The fourth-order valence-corrected chi connectivity index (χ4v) is 2.74. The van der Waals surface area contributed by atoms with E-state index in [1.807, 2.05) is 18.5 Å². The van der Waals surface area contributed by atoms with Gasteiger partial charge in [-0.15, -0.1) is 11.3 Å². The molecule has 0 saturated carbocycles. The summed E-state index contributed by atoms with van der Waals surface area (Å²) in [4.78, 5) is 9.87. The topological polar surface area (TPSA) is 47.0 Å². The first-order chi connectivity index (χ1) is 9.72. The highest BCUT2D eigenvalue weighted by molar-refractivity contribution is 7.16. The molecule has 2 heterocycles. The molecule has 0 amide bonds. The van der Waals surface area contributed by atoms with Gasteiger partial charge < -0.3 is 10.1 Å². The molecular formula is C14H12FN3OS. The Morgan fingerprint density at radius 1 is 1.25 bits per heavy atom. The molecule has 0 radical (unpaired) electrons. The highest BCUT2D eigenvalue weighted by Gasteiger charge is 2.11. The van der Waals surface area contributed by atoms with Crippen LogP contribution in [-0.2, 0) is 0 Å². The van der Waals surface area contributed by atoms with Crippen molar-refractivity contribution < 1.29 is 9.13 Å². The van der Waals surface area contributed by atoms with Crippen LogP contribution in [0.4, 0.5) is 10.2 Å². The van der Waals surface area contributed by atoms with Gasteiger partial charge in [0.1, 0.15) is 10.6 Å². The van der Waals surface area contributed by atoms with Crippen molar-refractivity contribution in [2.75, 3.05) is 19.5 Å². The summed E-state index contributed by atoms with van der Waals surface area (Å²) in [5.74, 6) is 1.09. The van der Waals surface area contributed by atoms with Crippen LogP contribution in [0.2, 0.25) is 0 Å². The normalized spacial score (nSPS) is 10.8. The standard InChI is InChI=1S/C14H12FN3OS/c1-16-13-9-5-6-20-14(9)18-12(17-13)8-3-4-10(15)11(7-8)19-2/h3-7H,1-2H3,(H,16,17,18). The zero-order valence-corrected chi connectivity index (χ0v) is 11.8. The number of benzene rings is 1. The molecule has 0 bridgehead atoms. The van der Waals surface area contributed by atoms with Crippen LogP contribution in [-0.4, -0.2) is 24.1 Å². The summed E-state index contributed by atoms with van der Waals surface area (Å²) in [5.41, 5.74) is 0.718. The monoisotopic (exact) mass is 289 g/mol. The summed E-state index contributed by atoms with van der Waals surface area (Å²) < 4.78 is 18.5. The van der Waals surface area contributed by atoms with E-state index >= 15 is 0 Å². The molecule has 0 aliphatic carbocycles. The minimum absolute atomic E-state index is 0.184. The number of nitrogens with one attached hydrogen (secondary N) is 1. The van der Waals surface area contributed by atoms with Crippen molar-refractivity contribution >= 4 is 27.4 Å². The van der Waals surface area contributed by atoms with Gasteiger partial charge in [0.25, 0.3) is 0 Å². The summed E-state index contributed by atoms with van der Waals surface area (Å²) >= 11 is 1.54. The Morgan fingerprint density at radius 2 is 2.10 bits per heavy atom. The van der Waals surface area contributed by atoms with E-state index in [-0.39, 0.29) is 5.75 Å². The highest BCUT2D eigenvalue weighted by atomic mass is 32.1. The first kappa shape index (κ1) is 12.8. The second-order valence-corrected chi connectivity index (χ2v) is 5.03. The van der Waals surface area contributed by atoms with E-state index < -0.39 is 5.82 Å². The number of halogens is 1. The zero-order valence-electron chi connectivity index (χ0n) is 11.0. The predicted octanol–water partition coefficient (Wildman–Crippen LogP) is 3.55. The number of methoxy groups -OCH3 is 1.